The lowest BCUT2D eigenvalue weighted by molar-refractivity contribution is 0.383. The van der Waals surface area contributed by atoms with E-state index in [4.69, 9.17) is 15.0 Å². The molecular formula is C15H15N3O2. The van der Waals surface area contributed by atoms with E-state index in [9.17, 15) is 0 Å². The number of aryl methyl sites for hydroxylation is 1. The van der Waals surface area contributed by atoms with Crippen molar-refractivity contribution >= 4 is 10.8 Å². The fourth-order valence-corrected chi connectivity index (χ4v) is 2.34. The van der Waals surface area contributed by atoms with E-state index in [0.717, 1.165) is 22.1 Å². The van der Waals surface area contributed by atoms with E-state index >= 15 is 0 Å². The van der Waals surface area contributed by atoms with Gasteiger partial charge in [-0.3, -0.25) is 0 Å². The lowest BCUT2D eigenvalue weighted by Crippen LogP contribution is -2.15. The molecule has 1 atom stereocenters. The molecule has 0 amide bonds. The summed E-state index contributed by atoms with van der Waals surface area (Å²) in [5.74, 6) is 1.67. The number of fused-ring (bicyclic) bond motifs is 1. The fraction of sp³-hybridized carbons (Fsp3) is 0.200. The Kier molecular flexibility index (Phi) is 3.12. The molecule has 0 saturated heterocycles. The Morgan fingerprint density at radius 3 is 2.70 bits per heavy atom. The van der Waals surface area contributed by atoms with E-state index in [-0.39, 0.29) is 0 Å². The Morgan fingerprint density at radius 2 is 2.00 bits per heavy atom. The maximum Gasteiger partial charge on any atom is 0.223 e. The Morgan fingerprint density at radius 1 is 1.20 bits per heavy atom. The molecule has 102 valence electrons. The minimum atomic E-state index is -0.492. The molecule has 0 fully saturated rings. The number of methoxy groups -OCH3 is 1. The highest BCUT2D eigenvalue weighted by atomic mass is 16.5. The number of benzene rings is 2. The third kappa shape index (κ3) is 2.02. The molecule has 0 aliphatic rings. The van der Waals surface area contributed by atoms with Crippen molar-refractivity contribution in [2.24, 2.45) is 5.73 Å². The average Bonchev–Trinajstić information content (AvgIpc) is 2.92. The first-order chi connectivity index (χ1) is 9.70. The predicted octanol–water partition coefficient (Wildman–Crippen LogP) is 2.59. The maximum absolute atomic E-state index is 6.31. The lowest BCUT2D eigenvalue weighted by Gasteiger charge is -2.15. The minimum Gasteiger partial charge on any atom is -0.496 e. The molecule has 3 aromatic rings. The minimum absolute atomic E-state index is 0.456. The zero-order chi connectivity index (χ0) is 14.1. The van der Waals surface area contributed by atoms with Gasteiger partial charge in [-0.2, -0.15) is 4.98 Å². The van der Waals surface area contributed by atoms with Crippen molar-refractivity contribution in [3.05, 3.63) is 53.7 Å². The number of nitrogens with zero attached hydrogens (tertiary/aromatic N) is 2. The zero-order valence-electron chi connectivity index (χ0n) is 11.3. The normalized spacial score (nSPS) is 12.6. The smallest absolute Gasteiger partial charge is 0.223 e. The van der Waals surface area contributed by atoms with Gasteiger partial charge in [0.05, 0.1) is 13.2 Å². The Bertz CT molecular complexity index is 752. The van der Waals surface area contributed by atoms with E-state index in [0.29, 0.717) is 11.7 Å². The Balaban J connectivity index is 2.22. The molecule has 1 heterocycles. The SMILES string of the molecule is COc1ccc2ccccc2c1C(N)c1noc(C)n1. The van der Waals surface area contributed by atoms with Gasteiger partial charge in [0, 0.05) is 12.5 Å². The van der Waals surface area contributed by atoms with Crippen LogP contribution in [-0.2, 0) is 0 Å². The molecule has 0 spiro atoms. The van der Waals surface area contributed by atoms with Crippen molar-refractivity contribution in [3.63, 3.8) is 0 Å². The topological polar surface area (TPSA) is 74.2 Å². The molecule has 0 radical (unpaired) electrons. The number of hydrogen-bond acceptors (Lipinski definition) is 5. The van der Waals surface area contributed by atoms with Gasteiger partial charge < -0.3 is 15.0 Å². The van der Waals surface area contributed by atoms with Crippen molar-refractivity contribution in [3.8, 4) is 5.75 Å². The first-order valence-electron chi connectivity index (χ1n) is 6.32. The second-order valence-electron chi connectivity index (χ2n) is 4.55. The van der Waals surface area contributed by atoms with Crippen LogP contribution in [0.1, 0.15) is 23.3 Å². The van der Waals surface area contributed by atoms with Crippen LogP contribution in [0.5, 0.6) is 5.75 Å². The van der Waals surface area contributed by atoms with Gasteiger partial charge >= 0.3 is 0 Å². The third-order valence-corrected chi connectivity index (χ3v) is 3.28. The molecule has 20 heavy (non-hydrogen) atoms. The summed E-state index contributed by atoms with van der Waals surface area (Å²) in [5.41, 5.74) is 7.17. The summed E-state index contributed by atoms with van der Waals surface area (Å²) in [7, 11) is 1.63. The summed E-state index contributed by atoms with van der Waals surface area (Å²) in [6.45, 7) is 1.74. The molecule has 2 aromatic carbocycles. The van der Waals surface area contributed by atoms with E-state index < -0.39 is 6.04 Å². The number of ether oxygens (including phenoxy) is 1. The molecule has 0 aliphatic heterocycles. The van der Waals surface area contributed by atoms with E-state index in [1.54, 1.807) is 14.0 Å². The number of rotatable bonds is 3. The van der Waals surface area contributed by atoms with Crippen LogP contribution < -0.4 is 10.5 Å². The Hall–Kier alpha value is -2.40. The van der Waals surface area contributed by atoms with Crippen LogP contribution in [0.4, 0.5) is 0 Å². The molecule has 1 unspecified atom stereocenters. The molecular weight excluding hydrogens is 254 g/mol. The summed E-state index contributed by atoms with van der Waals surface area (Å²) >= 11 is 0. The van der Waals surface area contributed by atoms with Gasteiger partial charge in [0.25, 0.3) is 0 Å². The summed E-state index contributed by atoms with van der Waals surface area (Å²) in [6.07, 6.45) is 0. The van der Waals surface area contributed by atoms with Crippen molar-refractivity contribution in [2.75, 3.05) is 7.11 Å². The molecule has 5 heteroatoms. The summed E-state index contributed by atoms with van der Waals surface area (Å²) in [5, 5.41) is 6.03. The van der Waals surface area contributed by atoms with Crippen LogP contribution in [-0.4, -0.2) is 17.3 Å². The maximum atomic E-state index is 6.31. The third-order valence-electron chi connectivity index (χ3n) is 3.28. The molecule has 0 saturated carbocycles. The standard InChI is InChI=1S/C15H15N3O2/c1-9-17-15(18-20-9)14(16)13-11-6-4-3-5-10(11)7-8-12(13)19-2/h3-8,14H,16H2,1-2H3. The average molecular weight is 269 g/mol. The van der Waals surface area contributed by atoms with Gasteiger partial charge in [-0.05, 0) is 16.8 Å². The molecule has 5 nitrogen and oxygen atoms in total. The number of hydrogen-bond donors (Lipinski definition) is 1. The summed E-state index contributed by atoms with van der Waals surface area (Å²) in [4.78, 5) is 4.21. The van der Waals surface area contributed by atoms with Crippen LogP contribution in [0, 0.1) is 6.92 Å². The van der Waals surface area contributed by atoms with Crippen LogP contribution in [0.2, 0.25) is 0 Å². The molecule has 1 aromatic heterocycles. The van der Waals surface area contributed by atoms with Crippen LogP contribution in [0.3, 0.4) is 0 Å². The van der Waals surface area contributed by atoms with Gasteiger partial charge in [-0.25, -0.2) is 0 Å². The van der Waals surface area contributed by atoms with Crippen LogP contribution in [0.15, 0.2) is 40.9 Å². The zero-order valence-corrected chi connectivity index (χ0v) is 11.3. The predicted molar refractivity (Wildman–Crippen MR) is 75.6 cm³/mol. The van der Waals surface area contributed by atoms with Gasteiger partial charge in [0.2, 0.25) is 5.89 Å². The van der Waals surface area contributed by atoms with Crippen molar-refractivity contribution in [1.82, 2.24) is 10.1 Å². The van der Waals surface area contributed by atoms with Crippen molar-refractivity contribution < 1.29 is 9.26 Å². The van der Waals surface area contributed by atoms with E-state index in [1.165, 1.54) is 0 Å². The van der Waals surface area contributed by atoms with Crippen LogP contribution >= 0.6 is 0 Å². The van der Waals surface area contributed by atoms with E-state index in [2.05, 4.69) is 10.1 Å². The first-order valence-corrected chi connectivity index (χ1v) is 6.32. The van der Waals surface area contributed by atoms with Gasteiger partial charge in [-0.15, -0.1) is 0 Å². The highest BCUT2D eigenvalue weighted by molar-refractivity contribution is 5.88. The van der Waals surface area contributed by atoms with Gasteiger partial charge in [0.15, 0.2) is 5.82 Å². The first kappa shape index (κ1) is 12.6. The fourth-order valence-electron chi connectivity index (χ4n) is 2.34. The second-order valence-corrected chi connectivity index (χ2v) is 4.55. The second kappa shape index (κ2) is 4.94. The van der Waals surface area contributed by atoms with Gasteiger partial charge in [-0.1, -0.05) is 35.5 Å². The molecule has 0 bridgehead atoms. The number of nitrogens with two attached hydrogens (primary N) is 1. The van der Waals surface area contributed by atoms with Crippen molar-refractivity contribution in [1.29, 1.82) is 0 Å². The largest absolute Gasteiger partial charge is 0.496 e. The highest BCUT2D eigenvalue weighted by Crippen LogP contribution is 2.34. The molecule has 0 aliphatic carbocycles. The molecule has 3 rings (SSSR count). The van der Waals surface area contributed by atoms with Crippen LogP contribution in [0.25, 0.3) is 10.8 Å². The summed E-state index contributed by atoms with van der Waals surface area (Å²) in [6, 6.07) is 11.4. The number of aromatic nitrogens is 2. The van der Waals surface area contributed by atoms with E-state index in [1.807, 2.05) is 36.4 Å². The van der Waals surface area contributed by atoms with Gasteiger partial charge in [0.1, 0.15) is 5.75 Å². The Labute approximate surface area is 116 Å². The quantitative estimate of drug-likeness (QED) is 0.791. The molecule has 2 N–H and O–H groups in total. The monoisotopic (exact) mass is 269 g/mol. The van der Waals surface area contributed by atoms with Crippen molar-refractivity contribution in [2.45, 2.75) is 13.0 Å². The highest BCUT2D eigenvalue weighted by Gasteiger charge is 2.21. The summed E-state index contributed by atoms with van der Waals surface area (Å²) < 4.78 is 10.4. The lowest BCUT2D eigenvalue weighted by atomic mass is 9.97.